The fourth-order valence-electron chi connectivity index (χ4n) is 2.36. The van der Waals surface area contributed by atoms with Gasteiger partial charge in [0.2, 0.25) is 0 Å². The van der Waals surface area contributed by atoms with Gasteiger partial charge in [0.05, 0.1) is 24.3 Å². The van der Waals surface area contributed by atoms with Gasteiger partial charge in [0, 0.05) is 5.02 Å². The smallest absolute Gasteiger partial charge is 0.326 e. The first-order chi connectivity index (χ1) is 12.3. The highest BCUT2D eigenvalue weighted by Gasteiger charge is 2.29. The number of hydrogen-bond acceptors (Lipinski definition) is 5. The molecule has 0 N–H and O–H groups in total. The second-order valence-electron chi connectivity index (χ2n) is 5.38. The van der Waals surface area contributed by atoms with E-state index in [1.807, 2.05) is 0 Å². The minimum absolute atomic E-state index is 0.0296. The number of halogens is 1. The van der Waals surface area contributed by atoms with Gasteiger partial charge in [-0.1, -0.05) is 17.7 Å². The van der Waals surface area contributed by atoms with Crippen molar-refractivity contribution in [3.05, 3.63) is 53.1 Å². The van der Waals surface area contributed by atoms with Gasteiger partial charge in [-0.2, -0.15) is 0 Å². The summed E-state index contributed by atoms with van der Waals surface area (Å²) in [6, 6.07) is 10.8. The molecule has 0 aliphatic heterocycles. The third-order valence-corrected chi connectivity index (χ3v) is 5.92. The van der Waals surface area contributed by atoms with Gasteiger partial charge in [-0.15, -0.1) is 0 Å². The van der Waals surface area contributed by atoms with Crippen LogP contribution in [0.5, 0.6) is 5.75 Å². The van der Waals surface area contributed by atoms with Crippen LogP contribution in [0.2, 0.25) is 5.02 Å². The molecule has 6 nitrogen and oxygen atoms in total. The van der Waals surface area contributed by atoms with E-state index < -0.39 is 22.5 Å². The van der Waals surface area contributed by atoms with Crippen molar-refractivity contribution in [1.29, 1.82) is 0 Å². The van der Waals surface area contributed by atoms with Crippen molar-refractivity contribution in [3.63, 3.8) is 0 Å². The normalized spacial score (nSPS) is 11.1. The molecule has 26 heavy (non-hydrogen) atoms. The van der Waals surface area contributed by atoms with Gasteiger partial charge in [-0.3, -0.25) is 9.10 Å². The van der Waals surface area contributed by atoms with E-state index in [0.29, 0.717) is 22.0 Å². The summed E-state index contributed by atoms with van der Waals surface area (Å²) in [5.74, 6) is -0.121. The van der Waals surface area contributed by atoms with Crippen molar-refractivity contribution < 1.29 is 22.7 Å². The van der Waals surface area contributed by atoms with Gasteiger partial charge in [0.25, 0.3) is 10.0 Å². The Morgan fingerprint density at radius 1 is 1.15 bits per heavy atom. The molecule has 0 spiro atoms. The lowest BCUT2D eigenvalue weighted by Gasteiger charge is -2.25. The average molecular weight is 398 g/mol. The minimum Gasteiger partial charge on any atom is -0.497 e. The van der Waals surface area contributed by atoms with E-state index >= 15 is 0 Å². The summed E-state index contributed by atoms with van der Waals surface area (Å²) in [4.78, 5) is 12.0. The molecule has 0 aliphatic carbocycles. The van der Waals surface area contributed by atoms with Crippen LogP contribution in [0.4, 0.5) is 5.69 Å². The molecule has 140 valence electrons. The number of hydrogen-bond donors (Lipinski definition) is 0. The fraction of sp³-hybridized carbons (Fsp3) is 0.278. The molecule has 8 heteroatoms. The Morgan fingerprint density at radius 2 is 1.81 bits per heavy atom. The van der Waals surface area contributed by atoms with E-state index in [-0.39, 0.29) is 11.5 Å². The van der Waals surface area contributed by atoms with Crippen LogP contribution in [0.3, 0.4) is 0 Å². The van der Waals surface area contributed by atoms with Crippen molar-refractivity contribution in [2.24, 2.45) is 0 Å². The first kappa shape index (κ1) is 20.1. The molecule has 2 aromatic rings. The van der Waals surface area contributed by atoms with Crippen LogP contribution in [0.15, 0.2) is 47.4 Å². The summed E-state index contributed by atoms with van der Waals surface area (Å²) >= 11 is 6.14. The van der Waals surface area contributed by atoms with Crippen LogP contribution in [-0.4, -0.2) is 34.6 Å². The highest BCUT2D eigenvalue weighted by molar-refractivity contribution is 7.92. The second kappa shape index (κ2) is 8.42. The molecule has 0 bridgehead atoms. The zero-order valence-corrected chi connectivity index (χ0v) is 16.3. The third-order valence-electron chi connectivity index (χ3n) is 3.73. The first-order valence-corrected chi connectivity index (χ1v) is 9.70. The van der Waals surface area contributed by atoms with E-state index in [0.717, 1.165) is 4.31 Å². The Morgan fingerprint density at radius 3 is 2.38 bits per heavy atom. The Kier molecular flexibility index (Phi) is 6.50. The van der Waals surface area contributed by atoms with Crippen LogP contribution in [0.1, 0.15) is 12.5 Å². The van der Waals surface area contributed by atoms with Crippen molar-refractivity contribution in [1.82, 2.24) is 0 Å². The number of esters is 1. The number of sulfonamides is 1. The van der Waals surface area contributed by atoms with Gasteiger partial charge in [-0.05, 0) is 55.8 Å². The molecule has 0 heterocycles. The topological polar surface area (TPSA) is 72.9 Å². The number of carbonyl (C=O) groups is 1. The minimum atomic E-state index is -4.01. The predicted octanol–water partition coefficient (Wildman–Crippen LogP) is 3.42. The molecule has 0 atom stereocenters. The highest BCUT2D eigenvalue weighted by atomic mass is 35.5. The number of benzene rings is 2. The molecular weight excluding hydrogens is 378 g/mol. The zero-order valence-electron chi connectivity index (χ0n) is 14.7. The lowest BCUT2D eigenvalue weighted by Crippen LogP contribution is -2.37. The molecular formula is C18H20ClNO5S. The van der Waals surface area contributed by atoms with Crippen molar-refractivity contribution >= 4 is 33.3 Å². The fourth-order valence-corrected chi connectivity index (χ4v) is 4.00. The summed E-state index contributed by atoms with van der Waals surface area (Å²) < 4.78 is 37.3. The SMILES string of the molecule is CCOC(=O)CN(c1cccc(Cl)c1C)S(=O)(=O)c1ccc(OC)cc1. The van der Waals surface area contributed by atoms with Gasteiger partial charge in [0.1, 0.15) is 12.3 Å². The Hall–Kier alpha value is -2.25. The lowest BCUT2D eigenvalue weighted by atomic mass is 10.2. The van der Waals surface area contributed by atoms with Gasteiger partial charge in [-0.25, -0.2) is 8.42 Å². The van der Waals surface area contributed by atoms with Crippen molar-refractivity contribution in [2.45, 2.75) is 18.7 Å². The number of anilines is 1. The quantitative estimate of drug-likeness (QED) is 0.669. The summed E-state index contributed by atoms with van der Waals surface area (Å²) in [6.07, 6.45) is 0. The predicted molar refractivity (Wildman–Crippen MR) is 100 cm³/mol. The van der Waals surface area contributed by atoms with Crippen LogP contribution in [0.25, 0.3) is 0 Å². The second-order valence-corrected chi connectivity index (χ2v) is 7.65. The Bertz CT molecular complexity index is 881. The number of ether oxygens (including phenoxy) is 2. The largest absolute Gasteiger partial charge is 0.497 e. The maximum absolute atomic E-state index is 13.2. The maximum Gasteiger partial charge on any atom is 0.326 e. The van der Waals surface area contributed by atoms with E-state index in [1.165, 1.54) is 19.2 Å². The Balaban J connectivity index is 2.54. The molecule has 0 aromatic heterocycles. The summed E-state index contributed by atoms with van der Waals surface area (Å²) in [5, 5.41) is 0.404. The number of carbonyl (C=O) groups excluding carboxylic acids is 1. The van der Waals surface area contributed by atoms with Crippen LogP contribution in [0, 0.1) is 6.92 Å². The Labute approximate surface area is 158 Å². The molecule has 0 unspecified atom stereocenters. The summed E-state index contributed by atoms with van der Waals surface area (Å²) in [5.41, 5.74) is 0.872. The van der Waals surface area contributed by atoms with Crippen molar-refractivity contribution in [3.8, 4) is 5.75 Å². The summed E-state index contributed by atoms with van der Waals surface area (Å²) in [7, 11) is -2.52. The molecule has 0 radical (unpaired) electrons. The van der Waals surface area contributed by atoms with E-state index in [9.17, 15) is 13.2 Å². The zero-order chi connectivity index (χ0) is 19.3. The first-order valence-electron chi connectivity index (χ1n) is 7.88. The molecule has 0 saturated heterocycles. The molecule has 0 amide bonds. The summed E-state index contributed by atoms with van der Waals surface area (Å²) in [6.45, 7) is 3.05. The lowest BCUT2D eigenvalue weighted by molar-refractivity contribution is -0.141. The molecule has 0 fully saturated rings. The molecule has 2 aromatic carbocycles. The van der Waals surface area contributed by atoms with E-state index in [4.69, 9.17) is 21.1 Å². The van der Waals surface area contributed by atoms with E-state index in [2.05, 4.69) is 0 Å². The third kappa shape index (κ3) is 4.28. The van der Waals surface area contributed by atoms with E-state index in [1.54, 1.807) is 44.2 Å². The van der Waals surface area contributed by atoms with Crippen LogP contribution >= 0.6 is 11.6 Å². The molecule has 0 saturated carbocycles. The number of rotatable bonds is 7. The number of nitrogens with zero attached hydrogens (tertiary/aromatic N) is 1. The standard InChI is InChI=1S/C18H20ClNO5S/c1-4-25-18(21)12-20(17-7-5-6-16(19)13(17)2)26(22,23)15-10-8-14(24-3)9-11-15/h5-11H,4,12H2,1-3H3. The molecule has 2 rings (SSSR count). The van der Waals surface area contributed by atoms with Gasteiger partial charge in [0.15, 0.2) is 0 Å². The monoisotopic (exact) mass is 397 g/mol. The molecule has 0 aliphatic rings. The maximum atomic E-state index is 13.2. The van der Waals surface area contributed by atoms with Gasteiger partial charge >= 0.3 is 5.97 Å². The van der Waals surface area contributed by atoms with Crippen LogP contribution < -0.4 is 9.04 Å². The average Bonchev–Trinajstić information content (AvgIpc) is 2.62. The van der Waals surface area contributed by atoms with Crippen LogP contribution in [-0.2, 0) is 19.6 Å². The number of methoxy groups -OCH3 is 1. The van der Waals surface area contributed by atoms with Crippen molar-refractivity contribution in [2.75, 3.05) is 24.6 Å². The highest BCUT2D eigenvalue weighted by Crippen LogP contribution is 2.31. The van der Waals surface area contributed by atoms with Gasteiger partial charge < -0.3 is 9.47 Å².